The average molecular weight is 447 g/mol. The third-order valence-electron chi connectivity index (χ3n) is 6.77. The van der Waals surface area contributed by atoms with E-state index in [0.717, 1.165) is 25.1 Å². The van der Waals surface area contributed by atoms with Crippen molar-refractivity contribution in [1.82, 2.24) is 9.47 Å². The zero-order valence-corrected chi connectivity index (χ0v) is 19.9. The monoisotopic (exact) mass is 446 g/mol. The van der Waals surface area contributed by atoms with E-state index in [-0.39, 0.29) is 11.9 Å². The standard InChI is InChI=1S/C28H34N2O3/c1-21-10-7-8-11-22(21)19-29-17-9-14-24(29)20-30(23-12-5-4-6-13-23)28(31)26-16-15-25(32-2)18-27(26)33-3/h7-11,14-18,23H,4-6,12-13,19-20H2,1-3H3. The fourth-order valence-corrected chi connectivity index (χ4v) is 4.78. The minimum absolute atomic E-state index is 0.0186. The molecule has 174 valence electrons. The molecule has 1 saturated carbocycles. The predicted molar refractivity (Wildman–Crippen MR) is 131 cm³/mol. The summed E-state index contributed by atoms with van der Waals surface area (Å²) in [6.45, 7) is 3.53. The summed E-state index contributed by atoms with van der Waals surface area (Å²) in [5, 5.41) is 0. The lowest BCUT2D eigenvalue weighted by molar-refractivity contribution is 0.0605. The Hall–Kier alpha value is -3.21. The van der Waals surface area contributed by atoms with E-state index in [9.17, 15) is 4.79 Å². The summed E-state index contributed by atoms with van der Waals surface area (Å²) >= 11 is 0. The molecule has 5 nitrogen and oxygen atoms in total. The Bertz CT molecular complexity index is 1080. The van der Waals surface area contributed by atoms with Crippen LogP contribution in [-0.2, 0) is 13.1 Å². The van der Waals surface area contributed by atoms with Gasteiger partial charge in [-0.25, -0.2) is 0 Å². The lowest BCUT2D eigenvalue weighted by Gasteiger charge is -2.35. The van der Waals surface area contributed by atoms with E-state index < -0.39 is 0 Å². The van der Waals surface area contributed by atoms with Gasteiger partial charge in [-0.3, -0.25) is 4.79 Å². The van der Waals surface area contributed by atoms with E-state index >= 15 is 0 Å². The largest absolute Gasteiger partial charge is 0.497 e. The van der Waals surface area contributed by atoms with Gasteiger partial charge in [0.05, 0.1) is 26.3 Å². The minimum Gasteiger partial charge on any atom is -0.497 e. The van der Waals surface area contributed by atoms with Gasteiger partial charge in [-0.2, -0.15) is 0 Å². The second-order valence-corrected chi connectivity index (χ2v) is 8.85. The summed E-state index contributed by atoms with van der Waals surface area (Å²) in [5.74, 6) is 1.25. The fourth-order valence-electron chi connectivity index (χ4n) is 4.78. The van der Waals surface area contributed by atoms with Crippen LogP contribution < -0.4 is 9.47 Å². The highest BCUT2D eigenvalue weighted by Gasteiger charge is 2.29. The van der Waals surface area contributed by atoms with Crippen LogP contribution in [0.25, 0.3) is 0 Å². The van der Waals surface area contributed by atoms with Gasteiger partial charge < -0.3 is 18.9 Å². The number of aryl methyl sites for hydroxylation is 1. The van der Waals surface area contributed by atoms with Crippen LogP contribution in [0.2, 0.25) is 0 Å². The van der Waals surface area contributed by atoms with Crippen LogP contribution in [0.4, 0.5) is 0 Å². The number of carbonyl (C=O) groups excluding carboxylic acids is 1. The summed E-state index contributed by atoms with van der Waals surface area (Å²) in [7, 11) is 3.22. The molecule has 0 bridgehead atoms. The predicted octanol–water partition coefficient (Wildman–Crippen LogP) is 5.84. The molecule has 0 atom stereocenters. The molecular formula is C28H34N2O3. The van der Waals surface area contributed by atoms with Crippen molar-refractivity contribution in [2.24, 2.45) is 0 Å². The van der Waals surface area contributed by atoms with Crippen molar-refractivity contribution in [1.29, 1.82) is 0 Å². The maximum absolute atomic E-state index is 13.9. The number of nitrogens with zero attached hydrogens (tertiary/aromatic N) is 2. The molecule has 33 heavy (non-hydrogen) atoms. The Morgan fingerprint density at radius 1 is 1.00 bits per heavy atom. The molecule has 2 aromatic carbocycles. The molecule has 1 aliphatic carbocycles. The number of carbonyl (C=O) groups is 1. The van der Waals surface area contributed by atoms with E-state index in [1.165, 1.54) is 30.4 Å². The van der Waals surface area contributed by atoms with Crippen molar-refractivity contribution in [3.63, 3.8) is 0 Å². The first-order valence-electron chi connectivity index (χ1n) is 11.8. The molecule has 1 amide bonds. The Morgan fingerprint density at radius 3 is 2.52 bits per heavy atom. The Balaban J connectivity index is 1.64. The third kappa shape index (κ3) is 5.24. The highest BCUT2D eigenvalue weighted by molar-refractivity contribution is 5.97. The van der Waals surface area contributed by atoms with E-state index in [0.29, 0.717) is 23.6 Å². The van der Waals surface area contributed by atoms with Gasteiger partial charge in [-0.15, -0.1) is 0 Å². The Labute approximate surface area is 196 Å². The van der Waals surface area contributed by atoms with Gasteiger partial charge in [-0.1, -0.05) is 43.5 Å². The molecule has 0 spiro atoms. The zero-order valence-electron chi connectivity index (χ0n) is 19.9. The second kappa shape index (κ2) is 10.6. The molecule has 0 aliphatic heterocycles. The van der Waals surface area contributed by atoms with Crippen molar-refractivity contribution < 1.29 is 14.3 Å². The lowest BCUT2D eigenvalue weighted by atomic mass is 9.93. The van der Waals surface area contributed by atoms with Gasteiger partial charge in [0.2, 0.25) is 0 Å². The van der Waals surface area contributed by atoms with Crippen LogP contribution in [0.15, 0.2) is 60.8 Å². The Kier molecular flexibility index (Phi) is 7.38. The maximum Gasteiger partial charge on any atom is 0.258 e. The van der Waals surface area contributed by atoms with Crippen LogP contribution in [0, 0.1) is 6.92 Å². The zero-order chi connectivity index (χ0) is 23.2. The molecule has 0 saturated heterocycles. The number of amides is 1. The number of hydrogen-bond acceptors (Lipinski definition) is 3. The summed E-state index contributed by atoms with van der Waals surface area (Å²) in [5.41, 5.74) is 4.30. The Morgan fingerprint density at radius 2 is 1.79 bits per heavy atom. The van der Waals surface area contributed by atoms with Crippen molar-refractivity contribution in [2.45, 2.75) is 58.2 Å². The highest BCUT2D eigenvalue weighted by atomic mass is 16.5. The van der Waals surface area contributed by atoms with E-state index in [4.69, 9.17) is 9.47 Å². The number of methoxy groups -OCH3 is 2. The van der Waals surface area contributed by atoms with Gasteiger partial charge in [0.25, 0.3) is 5.91 Å². The third-order valence-corrected chi connectivity index (χ3v) is 6.77. The maximum atomic E-state index is 13.9. The van der Waals surface area contributed by atoms with E-state index in [2.05, 4.69) is 59.0 Å². The van der Waals surface area contributed by atoms with Gasteiger partial charge in [-0.05, 0) is 55.2 Å². The summed E-state index contributed by atoms with van der Waals surface area (Å²) in [6, 6.07) is 18.3. The SMILES string of the molecule is COc1ccc(C(=O)N(Cc2cccn2Cc2ccccc2C)C2CCCCC2)c(OC)c1. The number of aromatic nitrogens is 1. The molecule has 0 radical (unpaired) electrons. The van der Waals surface area contributed by atoms with Gasteiger partial charge in [0, 0.05) is 30.5 Å². The molecule has 3 aromatic rings. The molecule has 0 N–H and O–H groups in total. The normalized spacial score (nSPS) is 14.2. The molecule has 1 aliphatic rings. The van der Waals surface area contributed by atoms with Crippen molar-refractivity contribution >= 4 is 5.91 Å². The quantitative estimate of drug-likeness (QED) is 0.437. The van der Waals surface area contributed by atoms with Crippen LogP contribution in [0.1, 0.15) is 59.3 Å². The van der Waals surface area contributed by atoms with Crippen LogP contribution in [0.5, 0.6) is 11.5 Å². The average Bonchev–Trinajstić information content (AvgIpc) is 3.30. The molecule has 4 rings (SSSR count). The van der Waals surface area contributed by atoms with Crippen LogP contribution in [-0.4, -0.2) is 35.6 Å². The van der Waals surface area contributed by atoms with Gasteiger partial charge in [0.1, 0.15) is 11.5 Å². The first-order valence-corrected chi connectivity index (χ1v) is 11.8. The number of ether oxygens (including phenoxy) is 2. The molecule has 5 heteroatoms. The number of rotatable bonds is 8. The van der Waals surface area contributed by atoms with E-state index in [1.54, 1.807) is 20.3 Å². The van der Waals surface area contributed by atoms with Crippen molar-refractivity contribution in [3.05, 3.63) is 83.2 Å². The molecule has 0 unspecified atom stereocenters. The topological polar surface area (TPSA) is 43.7 Å². The lowest BCUT2D eigenvalue weighted by Crippen LogP contribution is -2.41. The van der Waals surface area contributed by atoms with Crippen LogP contribution in [0.3, 0.4) is 0 Å². The summed E-state index contributed by atoms with van der Waals surface area (Å²) < 4.78 is 13.2. The molecule has 1 fully saturated rings. The van der Waals surface area contributed by atoms with Crippen LogP contribution >= 0.6 is 0 Å². The summed E-state index contributed by atoms with van der Waals surface area (Å²) in [6.07, 6.45) is 7.77. The number of benzene rings is 2. The number of hydrogen-bond donors (Lipinski definition) is 0. The highest BCUT2D eigenvalue weighted by Crippen LogP contribution is 2.30. The second-order valence-electron chi connectivity index (χ2n) is 8.85. The van der Waals surface area contributed by atoms with Gasteiger partial charge >= 0.3 is 0 Å². The van der Waals surface area contributed by atoms with Crippen molar-refractivity contribution in [3.8, 4) is 11.5 Å². The smallest absolute Gasteiger partial charge is 0.258 e. The first kappa shape index (κ1) is 23.0. The van der Waals surface area contributed by atoms with Gasteiger partial charge in [0.15, 0.2) is 0 Å². The molecule has 1 heterocycles. The molecule has 1 aromatic heterocycles. The van der Waals surface area contributed by atoms with Crippen molar-refractivity contribution in [2.75, 3.05) is 14.2 Å². The minimum atomic E-state index is 0.0186. The summed E-state index contributed by atoms with van der Waals surface area (Å²) in [4.78, 5) is 15.9. The van der Waals surface area contributed by atoms with E-state index in [1.807, 2.05) is 12.1 Å². The molecular weight excluding hydrogens is 412 g/mol. The first-order chi connectivity index (χ1) is 16.1. The fraction of sp³-hybridized carbons (Fsp3) is 0.393.